The number of furan rings is 1. The lowest BCUT2D eigenvalue weighted by atomic mass is 10.1. The van der Waals surface area contributed by atoms with Gasteiger partial charge in [-0.1, -0.05) is 11.6 Å². The van der Waals surface area contributed by atoms with Gasteiger partial charge in [0.05, 0.1) is 10.6 Å². The summed E-state index contributed by atoms with van der Waals surface area (Å²) < 4.78 is 42.8. The normalized spacial score (nSPS) is 12.3. The fraction of sp³-hybridized carbons (Fsp3) is 0.200. The van der Waals surface area contributed by atoms with Crippen LogP contribution in [0.25, 0.3) is 11.0 Å². The average molecular weight is 235 g/mol. The minimum atomic E-state index is -4.39. The summed E-state index contributed by atoms with van der Waals surface area (Å²) in [5.74, 6) is 0.406. The summed E-state index contributed by atoms with van der Waals surface area (Å²) in [5, 5.41) is 0.193. The molecule has 0 aliphatic rings. The van der Waals surface area contributed by atoms with Crippen molar-refractivity contribution < 1.29 is 17.6 Å². The number of halogens is 4. The second-order valence-electron chi connectivity index (χ2n) is 3.19. The molecule has 5 heteroatoms. The molecule has 2 rings (SSSR count). The lowest BCUT2D eigenvalue weighted by Gasteiger charge is -2.07. The number of rotatable bonds is 0. The van der Waals surface area contributed by atoms with Gasteiger partial charge < -0.3 is 4.42 Å². The summed E-state index contributed by atoms with van der Waals surface area (Å²) in [6.45, 7) is 1.58. The third-order valence-corrected chi connectivity index (χ3v) is 2.36. The number of benzene rings is 1. The van der Waals surface area contributed by atoms with Crippen LogP contribution in [0.4, 0.5) is 13.2 Å². The Morgan fingerprint density at radius 1 is 1.27 bits per heavy atom. The first-order valence-electron chi connectivity index (χ1n) is 4.15. The van der Waals surface area contributed by atoms with Gasteiger partial charge in [0, 0.05) is 5.39 Å². The van der Waals surface area contributed by atoms with Crippen LogP contribution in [-0.4, -0.2) is 0 Å². The van der Waals surface area contributed by atoms with E-state index in [-0.39, 0.29) is 16.0 Å². The third-order valence-electron chi connectivity index (χ3n) is 2.06. The summed E-state index contributed by atoms with van der Waals surface area (Å²) in [6.07, 6.45) is -4.39. The zero-order chi connectivity index (χ0) is 11.2. The molecule has 0 unspecified atom stereocenters. The van der Waals surface area contributed by atoms with E-state index in [9.17, 15) is 13.2 Å². The van der Waals surface area contributed by atoms with E-state index in [1.807, 2.05) is 0 Å². The highest BCUT2D eigenvalue weighted by molar-refractivity contribution is 6.35. The highest BCUT2D eigenvalue weighted by Crippen LogP contribution is 2.38. The lowest BCUT2D eigenvalue weighted by molar-refractivity contribution is -0.136. The molecule has 1 aromatic heterocycles. The van der Waals surface area contributed by atoms with Crippen LogP contribution in [0.5, 0.6) is 0 Å². The van der Waals surface area contributed by atoms with Gasteiger partial charge >= 0.3 is 6.18 Å². The molecule has 0 aliphatic carbocycles. The topological polar surface area (TPSA) is 13.1 Å². The fourth-order valence-electron chi connectivity index (χ4n) is 1.46. The predicted molar refractivity (Wildman–Crippen MR) is 51.0 cm³/mol. The van der Waals surface area contributed by atoms with Crippen molar-refractivity contribution >= 4 is 22.6 Å². The molecule has 1 aromatic carbocycles. The van der Waals surface area contributed by atoms with Gasteiger partial charge in [0.1, 0.15) is 5.76 Å². The SMILES string of the molecule is Cc1cc2c(C(F)(F)F)ccc(Cl)c2o1. The van der Waals surface area contributed by atoms with Crippen LogP contribution >= 0.6 is 11.6 Å². The van der Waals surface area contributed by atoms with Gasteiger partial charge in [0.15, 0.2) is 5.58 Å². The van der Waals surface area contributed by atoms with Crippen molar-refractivity contribution in [1.29, 1.82) is 0 Å². The Hall–Kier alpha value is -1.16. The zero-order valence-electron chi connectivity index (χ0n) is 7.65. The summed E-state index contributed by atoms with van der Waals surface area (Å²) in [4.78, 5) is 0. The van der Waals surface area contributed by atoms with Crippen LogP contribution in [0.2, 0.25) is 5.02 Å². The quantitative estimate of drug-likeness (QED) is 0.658. The Bertz CT molecular complexity index is 513. The Morgan fingerprint density at radius 3 is 2.53 bits per heavy atom. The van der Waals surface area contributed by atoms with Crippen molar-refractivity contribution in [2.24, 2.45) is 0 Å². The van der Waals surface area contributed by atoms with Crippen molar-refractivity contribution in [1.82, 2.24) is 0 Å². The zero-order valence-corrected chi connectivity index (χ0v) is 8.41. The Balaban J connectivity index is 2.83. The molecule has 2 aromatic rings. The molecule has 0 saturated carbocycles. The minimum absolute atomic E-state index is 0.00694. The second kappa shape index (κ2) is 3.17. The van der Waals surface area contributed by atoms with Crippen LogP contribution in [0.3, 0.4) is 0 Å². The van der Waals surface area contributed by atoms with Crippen molar-refractivity contribution in [3.63, 3.8) is 0 Å². The largest absolute Gasteiger partial charge is 0.460 e. The second-order valence-corrected chi connectivity index (χ2v) is 3.60. The molecule has 0 fully saturated rings. The van der Waals surface area contributed by atoms with Gasteiger partial charge in [0.2, 0.25) is 0 Å². The number of hydrogen-bond acceptors (Lipinski definition) is 1. The number of fused-ring (bicyclic) bond motifs is 1. The standard InChI is InChI=1S/C10H6ClF3O/c1-5-4-6-7(10(12,13)14)2-3-8(11)9(6)15-5/h2-4H,1H3. The van der Waals surface area contributed by atoms with Gasteiger partial charge in [-0.3, -0.25) is 0 Å². The maximum Gasteiger partial charge on any atom is 0.417 e. The van der Waals surface area contributed by atoms with Gasteiger partial charge in [-0.05, 0) is 25.1 Å². The lowest BCUT2D eigenvalue weighted by Crippen LogP contribution is -2.04. The average Bonchev–Trinajstić information content (AvgIpc) is 2.45. The van der Waals surface area contributed by atoms with Crippen LogP contribution in [0.1, 0.15) is 11.3 Å². The van der Waals surface area contributed by atoms with E-state index in [2.05, 4.69) is 0 Å². The summed E-state index contributed by atoms with van der Waals surface area (Å²) in [6, 6.07) is 3.49. The summed E-state index contributed by atoms with van der Waals surface area (Å²) in [5.41, 5.74) is -0.636. The molecule has 1 heterocycles. The molecule has 0 bridgehead atoms. The highest BCUT2D eigenvalue weighted by Gasteiger charge is 2.33. The van der Waals surface area contributed by atoms with Crippen molar-refractivity contribution in [3.8, 4) is 0 Å². The molecule has 0 aliphatic heterocycles. The Kier molecular flexibility index (Phi) is 2.19. The molecular weight excluding hydrogens is 229 g/mol. The minimum Gasteiger partial charge on any atom is -0.460 e. The first-order valence-corrected chi connectivity index (χ1v) is 4.53. The molecule has 0 radical (unpaired) electrons. The van der Waals surface area contributed by atoms with Gasteiger partial charge in [-0.15, -0.1) is 0 Å². The summed E-state index contributed by atoms with van der Waals surface area (Å²) in [7, 11) is 0. The van der Waals surface area contributed by atoms with Gasteiger partial charge in [-0.2, -0.15) is 13.2 Å². The molecule has 1 nitrogen and oxygen atoms in total. The Labute approximate surface area is 88.4 Å². The van der Waals surface area contributed by atoms with E-state index in [0.29, 0.717) is 5.76 Å². The van der Waals surface area contributed by atoms with Crippen LogP contribution in [-0.2, 0) is 6.18 Å². The smallest absolute Gasteiger partial charge is 0.417 e. The molecule has 0 spiro atoms. The van der Waals surface area contributed by atoms with Crippen LogP contribution in [0, 0.1) is 6.92 Å². The predicted octanol–water partition coefficient (Wildman–Crippen LogP) is 4.41. The number of hydrogen-bond donors (Lipinski definition) is 0. The van der Waals surface area contributed by atoms with Gasteiger partial charge in [-0.25, -0.2) is 0 Å². The molecule has 0 atom stereocenters. The maximum atomic E-state index is 12.6. The van der Waals surface area contributed by atoms with E-state index < -0.39 is 11.7 Å². The molecule has 0 saturated heterocycles. The van der Waals surface area contributed by atoms with E-state index in [4.69, 9.17) is 16.0 Å². The molecule has 0 N–H and O–H groups in total. The Morgan fingerprint density at radius 2 is 1.93 bits per heavy atom. The van der Waals surface area contributed by atoms with Crippen molar-refractivity contribution in [3.05, 3.63) is 34.5 Å². The van der Waals surface area contributed by atoms with Crippen molar-refractivity contribution in [2.45, 2.75) is 13.1 Å². The number of alkyl halides is 3. The maximum absolute atomic E-state index is 12.6. The molecule has 15 heavy (non-hydrogen) atoms. The monoisotopic (exact) mass is 234 g/mol. The van der Waals surface area contributed by atoms with E-state index in [0.717, 1.165) is 6.07 Å². The first kappa shape index (κ1) is 10.4. The fourth-order valence-corrected chi connectivity index (χ4v) is 1.66. The first-order chi connectivity index (χ1) is 6.89. The highest BCUT2D eigenvalue weighted by atomic mass is 35.5. The number of aryl methyl sites for hydroxylation is 1. The van der Waals surface area contributed by atoms with E-state index >= 15 is 0 Å². The third kappa shape index (κ3) is 1.69. The van der Waals surface area contributed by atoms with Crippen LogP contribution < -0.4 is 0 Å². The summed E-state index contributed by atoms with van der Waals surface area (Å²) >= 11 is 5.73. The van der Waals surface area contributed by atoms with Crippen molar-refractivity contribution in [2.75, 3.05) is 0 Å². The molecular formula is C10H6ClF3O. The van der Waals surface area contributed by atoms with E-state index in [1.165, 1.54) is 12.1 Å². The molecule has 80 valence electrons. The molecule has 0 amide bonds. The van der Waals surface area contributed by atoms with E-state index in [1.54, 1.807) is 6.92 Å². The van der Waals surface area contributed by atoms with Crippen LogP contribution in [0.15, 0.2) is 22.6 Å². The van der Waals surface area contributed by atoms with Gasteiger partial charge in [0.25, 0.3) is 0 Å².